The molecule has 0 atom stereocenters. The van der Waals surface area contributed by atoms with Crippen molar-refractivity contribution in [2.45, 2.75) is 26.4 Å². The molecule has 4 heteroatoms. The summed E-state index contributed by atoms with van der Waals surface area (Å²) in [6, 6.07) is 7.86. The zero-order valence-corrected chi connectivity index (χ0v) is 10.5. The highest BCUT2D eigenvalue weighted by atomic mass is 32.1. The van der Waals surface area contributed by atoms with E-state index in [0.717, 1.165) is 18.0 Å². The SMILES string of the molecule is CC(C)Oc1ccc(NCCC(N)=S)cc1. The third-order valence-electron chi connectivity index (χ3n) is 1.93. The number of nitrogens with one attached hydrogen (secondary N) is 1. The highest BCUT2D eigenvalue weighted by molar-refractivity contribution is 7.80. The van der Waals surface area contributed by atoms with Gasteiger partial charge in [-0.2, -0.15) is 0 Å². The Bertz CT molecular complexity index is 335. The zero-order valence-electron chi connectivity index (χ0n) is 9.69. The van der Waals surface area contributed by atoms with Crippen LogP contribution in [0.1, 0.15) is 20.3 Å². The second-order valence-corrected chi connectivity index (χ2v) is 4.36. The molecule has 0 saturated heterocycles. The van der Waals surface area contributed by atoms with Crippen LogP contribution in [0.25, 0.3) is 0 Å². The van der Waals surface area contributed by atoms with E-state index in [2.05, 4.69) is 5.32 Å². The van der Waals surface area contributed by atoms with Crippen LogP contribution in [0, 0.1) is 0 Å². The van der Waals surface area contributed by atoms with Crippen LogP contribution in [0.2, 0.25) is 0 Å². The van der Waals surface area contributed by atoms with Gasteiger partial charge >= 0.3 is 0 Å². The van der Waals surface area contributed by atoms with E-state index in [1.54, 1.807) is 0 Å². The largest absolute Gasteiger partial charge is 0.491 e. The first kappa shape index (κ1) is 12.8. The molecule has 0 aliphatic rings. The fourth-order valence-electron chi connectivity index (χ4n) is 1.25. The molecule has 16 heavy (non-hydrogen) atoms. The lowest BCUT2D eigenvalue weighted by atomic mass is 10.3. The van der Waals surface area contributed by atoms with Crippen molar-refractivity contribution in [2.24, 2.45) is 5.73 Å². The van der Waals surface area contributed by atoms with Gasteiger partial charge in [0, 0.05) is 18.7 Å². The van der Waals surface area contributed by atoms with Crippen LogP contribution in [0.15, 0.2) is 24.3 Å². The molecule has 0 amide bonds. The number of ether oxygens (including phenoxy) is 1. The average Bonchev–Trinajstić information content (AvgIpc) is 2.19. The Labute approximate surface area is 102 Å². The fourth-order valence-corrected chi connectivity index (χ4v) is 1.36. The van der Waals surface area contributed by atoms with Gasteiger partial charge in [-0.15, -0.1) is 0 Å². The van der Waals surface area contributed by atoms with E-state index in [9.17, 15) is 0 Å². The maximum Gasteiger partial charge on any atom is 0.119 e. The van der Waals surface area contributed by atoms with Gasteiger partial charge in [-0.1, -0.05) is 12.2 Å². The number of rotatable bonds is 6. The molecule has 0 unspecified atom stereocenters. The Morgan fingerprint density at radius 1 is 1.38 bits per heavy atom. The highest BCUT2D eigenvalue weighted by Gasteiger charge is 1.97. The van der Waals surface area contributed by atoms with E-state index in [-0.39, 0.29) is 6.10 Å². The number of hydrogen-bond acceptors (Lipinski definition) is 3. The first-order valence-corrected chi connectivity index (χ1v) is 5.77. The molecule has 0 aromatic heterocycles. The second-order valence-electron chi connectivity index (χ2n) is 3.83. The standard InChI is InChI=1S/C12H18N2OS/c1-9(2)15-11-5-3-10(4-6-11)14-8-7-12(13)16/h3-6,9,14H,7-8H2,1-2H3,(H2,13,16). The van der Waals surface area contributed by atoms with Crippen molar-refractivity contribution in [1.82, 2.24) is 0 Å². The van der Waals surface area contributed by atoms with E-state index in [1.165, 1.54) is 0 Å². The summed E-state index contributed by atoms with van der Waals surface area (Å²) in [4.78, 5) is 0.535. The molecule has 0 fully saturated rings. The van der Waals surface area contributed by atoms with Crippen molar-refractivity contribution in [3.05, 3.63) is 24.3 Å². The summed E-state index contributed by atoms with van der Waals surface area (Å²) in [5, 5.41) is 3.23. The first-order chi connectivity index (χ1) is 7.58. The maximum atomic E-state index is 5.54. The Kier molecular flexibility index (Phi) is 5.05. The minimum atomic E-state index is 0.202. The van der Waals surface area contributed by atoms with Crippen LogP contribution in [-0.2, 0) is 0 Å². The molecule has 1 rings (SSSR count). The molecule has 0 aliphatic heterocycles. The molecular weight excluding hydrogens is 220 g/mol. The summed E-state index contributed by atoms with van der Waals surface area (Å²) < 4.78 is 5.54. The van der Waals surface area contributed by atoms with Gasteiger partial charge < -0.3 is 15.8 Å². The summed E-state index contributed by atoms with van der Waals surface area (Å²) >= 11 is 4.80. The molecule has 1 aromatic rings. The van der Waals surface area contributed by atoms with Crippen molar-refractivity contribution in [2.75, 3.05) is 11.9 Å². The summed E-state index contributed by atoms with van der Waals surface area (Å²) in [5.41, 5.74) is 6.46. The lowest BCUT2D eigenvalue weighted by molar-refractivity contribution is 0.242. The third-order valence-corrected chi connectivity index (χ3v) is 2.13. The number of benzene rings is 1. The molecule has 88 valence electrons. The van der Waals surface area contributed by atoms with E-state index >= 15 is 0 Å². The molecular formula is C12H18N2OS. The maximum absolute atomic E-state index is 5.54. The number of anilines is 1. The Hall–Kier alpha value is -1.29. The lowest BCUT2D eigenvalue weighted by Gasteiger charge is -2.10. The molecule has 0 saturated carbocycles. The molecule has 1 aromatic carbocycles. The van der Waals surface area contributed by atoms with Crippen molar-refractivity contribution in [1.29, 1.82) is 0 Å². The van der Waals surface area contributed by atoms with Crippen molar-refractivity contribution < 1.29 is 4.74 Å². The van der Waals surface area contributed by atoms with Gasteiger partial charge in [0.05, 0.1) is 11.1 Å². The molecule has 0 spiro atoms. The smallest absolute Gasteiger partial charge is 0.119 e. The van der Waals surface area contributed by atoms with Gasteiger partial charge in [-0.05, 0) is 38.1 Å². The van der Waals surface area contributed by atoms with Crippen LogP contribution in [0.5, 0.6) is 5.75 Å². The van der Waals surface area contributed by atoms with Crippen molar-refractivity contribution in [3.8, 4) is 5.75 Å². The molecule has 0 bridgehead atoms. The third kappa shape index (κ3) is 4.98. The minimum Gasteiger partial charge on any atom is -0.491 e. The Balaban J connectivity index is 2.42. The quantitative estimate of drug-likeness (QED) is 0.748. The van der Waals surface area contributed by atoms with E-state index in [4.69, 9.17) is 22.7 Å². The van der Waals surface area contributed by atoms with Gasteiger partial charge in [0.15, 0.2) is 0 Å². The highest BCUT2D eigenvalue weighted by Crippen LogP contribution is 2.16. The monoisotopic (exact) mass is 238 g/mol. The molecule has 3 nitrogen and oxygen atoms in total. The molecule has 3 N–H and O–H groups in total. The lowest BCUT2D eigenvalue weighted by Crippen LogP contribution is -2.13. The Morgan fingerprint density at radius 2 is 2.00 bits per heavy atom. The van der Waals surface area contributed by atoms with E-state index in [1.807, 2.05) is 38.1 Å². The normalized spacial score (nSPS) is 10.2. The number of nitrogens with two attached hydrogens (primary N) is 1. The van der Waals surface area contributed by atoms with Gasteiger partial charge in [0.25, 0.3) is 0 Å². The molecule has 0 heterocycles. The van der Waals surface area contributed by atoms with Crippen molar-refractivity contribution in [3.63, 3.8) is 0 Å². The summed E-state index contributed by atoms with van der Waals surface area (Å²) in [5.74, 6) is 0.884. The molecule has 0 radical (unpaired) electrons. The fraction of sp³-hybridized carbons (Fsp3) is 0.417. The number of hydrogen-bond donors (Lipinski definition) is 2. The van der Waals surface area contributed by atoms with Crippen LogP contribution in [0.4, 0.5) is 5.69 Å². The van der Waals surface area contributed by atoms with E-state index < -0.39 is 0 Å². The number of thiocarbonyl (C=S) groups is 1. The Morgan fingerprint density at radius 3 is 2.50 bits per heavy atom. The van der Waals surface area contributed by atoms with Crippen LogP contribution < -0.4 is 15.8 Å². The predicted molar refractivity (Wildman–Crippen MR) is 72.1 cm³/mol. The van der Waals surface area contributed by atoms with Crippen LogP contribution in [-0.4, -0.2) is 17.6 Å². The zero-order chi connectivity index (χ0) is 12.0. The topological polar surface area (TPSA) is 47.3 Å². The van der Waals surface area contributed by atoms with Crippen molar-refractivity contribution >= 4 is 22.9 Å². The first-order valence-electron chi connectivity index (χ1n) is 5.37. The minimum absolute atomic E-state index is 0.202. The van der Waals surface area contributed by atoms with Gasteiger partial charge in [0.1, 0.15) is 5.75 Å². The average molecular weight is 238 g/mol. The van der Waals surface area contributed by atoms with Gasteiger partial charge in [0.2, 0.25) is 0 Å². The van der Waals surface area contributed by atoms with Crippen LogP contribution in [0.3, 0.4) is 0 Å². The second kappa shape index (κ2) is 6.33. The van der Waals surface area contributed by atoms with E-state index in [0.29, 0.717) is 11.4 Å². The van der Waals surface area contributed by atoms with Crippen LogP contribution >= 0.6 is 12.2 Å². The predicted octanol–water partition coefficient (Wildman–Crippen LogP) is 2.56. The summed E-state index contributed by atoms with van der Waals surface area (Å²) in [6.07, 6.45) is 0.910. The molecule has 0 aliphatic carbocycles. The summed E-state index contributed by atoms with van der Waals surface area (Å²) in [7, 11) is 0. The van der Waals surface area contributed by atoms with Gasteiger partial charge in [-0.3, -0.25) is 0 Å². The van der Waals surface area contributed by atoms with Gasteiger partial charge in [-0.25, -0.2) is 0 Å². The summed E-state index contributed by atoms with van der Waals surface area (Å²) in [6.45, 7) is 4.78.